The second-order valence-corrected chi connectivity index (χ2v) is 10.7. The number of H-pyrrole nitrogens is 1. The fourth-order valence-corrected chi connectivity index (χ4v) is 6.60. The highest BCUT2D eigenvalue weighted by Crippen LogP contribution is 2.37. The van der Waals surface area contributed by atoms with Gasteiger partial charge in [-0.05, 0) is 75.1 Å². The van der Waals surface area contributed by atoms with Gasteiger partial charge in [-0.25, -0.2) is 0 Å². The van der Waals surface area contributed by atoms with Gasteiger partial charge in [-0.15, -0.1) is 0 Å². The van der Waals surface area contributed by atoms with Gasteiger partial charge in [-0.1, -0.05) is 97.1 Å². The normalized spacial score (nSPS) is 12.0. The Kier molecular flexibility index (Phi) is 4.36. The highest BCUT2D eigenvalue weighted by Gasteiger charge is 2.14. The molecule has 2 heterocycles. The Balaban J connectivity index is 1.29. The molecule has 0 unspecified atom stereocenters. The third-order valence-electron chi connectivity index (χ3n) is 8.50. The lowest BCUT2D eigenvalue weighted by Gasteiger charge is -2.11. The van der Waals surface area contributed by atoms with Gasteiger partial charge in [-0.2, -0.15) is 0 Å². The topological polar surface area (TPSA) is 20.7 Å². The van der Waals surface area contributed by atoms with E-state index < -0.39 is 0 Å². The highest BCUT2D eigenvalue weighted by atomic mass is 15.0. The van der Waals surface area contributed by atoms with Gasteiger partial charge < -0.3 is 9.55 Å². The van der Waals surface area contributed by atoms with Gasteiger partial charge in [0.25, 0.3) is 0 Å². The monoisotopic (exact) mass is 508 g/mol. The fourth-order valence-electron chi connectivity index (χ4n) is 6.60. The molecule has 0 fully saturated rings. The maximum Gasteiger partial charge on any atom is 0.0547 e. The van der Waals surface area contributed by atoms with E-state index in [4.69, 9.17) is 0 Å². The van der Waals surface area contributed by atoms with Gasteiger partial charge >= 0.3 is 0 Å². The summed E-state index contributed by atoms with van der Waals surface area (Å²) in [7, 11) is 0. The van der Waals surface area contributed by atoms with E-state index in [1.807, 2.05) is 0 Å². The van der Waals surface area contributed by atoms with E-state index in [1.54, 1.807) is 0 Å². The molecule has 9 rings (SSSR count). The number of aromatic nitrogens is 2. The van der Waals surface area contributed by atoms with Crippen molar-refractivity contribution in [2.75, 3.05) is 0 Å². The molecule has 0 saturated heterocycles. The first-order chi connectivity index (χ1) is 19.8. The van der Waals surface area contributed by atoms with Gasteiger partial charge in [0.1, 0.15) is 0 Å². The number of rotatable bonds is 2. The molecular weight excluding hydrogens is 484 g/mol. The minimum Gasteiger partial charge on any atom is -0.355 e. The Morgan fingerprint density at radius 2 is 1.02 bits per heavy atom. The lowest BCUT2D eigenvalue weighted by Crippen LogP contribution is -1.94. The minimum absolute atomic E-state index is 1.17. The lowest BCUT2D eigenvalue weighted by atomic mass is 10.0. The van der Waals surface area contributed by atoms with Crippen LogP contribution >= 0.6 is 0 Å². The first-order valence-corrected chi connectivity index (χ1v) is 13.8. The largest absolute Gasteiger partial charge is 0.355 e. The van der Waals surface area contributed by atoms with E-state index in [9.17, 15) is 0 Å². The molecule has 9 aromatic rings. The standard InChI is InChI=1S/C38H24N2/c1-2-8-29-24(7-1)13-14-27-21-28(17-19-30(27)29)40-37-12-6-4-10-32(37)33-18-15-26(23-38(33)40)25-16-20-36-34(22-25)31-9-3-5-11-35(31)39-36/h1-23,39H. The highest BCUT2D eigenvalue weighted by molar-refractivity contribution is 6.12. The molecule has 186 valence electrons. The fraction of sp³-hybridized carbons (Fsp3) is 0. The predicted molar refractivity (Wildman–Crippen MR) is 171 cm³/mol. The summed E-state index contributed by atoms with van der Waals surface area (Å²) in [6.45, 7) is 0. The van der Waals surface area contributed by atoms with Crippen molar-refractivity contribution in [3.05, 3.63) is 140 Å². The van der Waals surface area contributed by atoms with Crippen molar-refractivity contribution in [1.82, 2.24) is 9.55 Å². The van der Waals surface area contributed by atoms with Crippen LogP contribution in [0.25, 0.3) is 82.0 Å². The molecule has 0 bridgehead atoms. The molecule has 0 amide bonds. The van der Waals surface area contributed by atoms with Gasteiger partial charge in [0, 0.05) is 38.3 Å². The Morgan fingerprint density at radius 3 is 1.98 bits per heavy atom. The van der Waals surface area contributed by atoms with Gasteiger partial charge in [-0.3, -0.25) is 0 Å². The van der Waals surface area contributed by atoms with E-state index >= 15 is 0 Å². The van der Waals surface area contributed by atoms with E-state index in [2.05, 4.69) is 149 Å². The minimum atomic E-state index is 1.17. The van der Waals surface area contributed by atoms with Crippen LogP contribution in [-0.4, -0.2) is 9.55 Å². The smallest absolute Gasteiger partial charge is 0.0547 e. The predicted octanol–water partition coefficient (Wildman–Crippen LogP) is 10.4. The molecule has 0 aliphatic heterocycles. The van der Waals surface area contributed by atoms with Crippen molar-refractivity contribution in [3.63, 3.8) is 0 Å². The van der Waals surface area contributed by atoms with E-state index in [-0.39, 0.29) is 0 Å². The summed E-state index contributed by atoms with van der Waals surface area (Å²) in [6.07, 6.45) is 0. The maximum absolute atomic E-state index is 3.56. The molecule has 40 heavy (non-hydrogen) atoms. The van der Waals surface area contributed by atoms with E-state index in [0.29, 0.717) is 0 Å². The summed E-state index contributed by atoms with van der Waals surface area (Å²) in [6, 6.07) is 50.9. The molecule has 1 N–H and O–H groups in total. The molecule has 0 radical (unpaired) electrons. The van der Waals surface area contributed by atoms with Gasteiger partial charge in [0.15, 0.2) is 0 Å². The van der Waals surface area contributed by atoms with Crippen LogP contribution in [0.4, 0.5) is 0 Å². The zero-order chi connectivity index (χ0) is 26.2. The molecule has 7 aromatic carbocycles. The molecule has 0 spiro atoms. The van der Waals surface area contributed by atoms with Crippen molar-refractivity contribution in [2.24, 2.45) is 0 Å². The zero-order valence-electron chi connectivity index (χ0n) is 21.7. The van der Waals surface area contributed by atoms with Crippen LogP contribution in [0.1, 0.15) is 0 Å². The summed E-state index contributed by atoms with van der Waals surface area (Å²) >= 11 is 0. The van der Waals surface area contributed by atoms with Crippen LogP contribution in [0, 0.1) is 0 Å². The summed E-state index contributed by atoms with van der Waals surface area (Å²) in [5.74, 6) is 0. The SMILES string of the molecule is c1ccc2c(c1)ccc1cc(-n3c4ccccc4c4ccc(-c5ccc6[nH]c7ccccc7c6c5)cc43)ccc12. The zero-order valence-corrected chi connectivity index (χ0v) is 21.7. The molecule has 2 heteroatoms. The third-order valence-corrected chi connectivity index (χ3v) is 8.50. The molecule has 0 saturated carbocycles. The Bertz CT molecular complexity index is 2440. The van der Waals surface area contributed by atoms with Crippen molar-refractivity contribution >= 4 is 65.2 Å². The summed E-state index contributed by atoms with van der Waals surface area (Å²) in [5.41, 5.74) is 8.41. The van der Waals surface area contributed by atoms with Crippen LogP contribution < -0.4 is 0 Å². The molecule has 2 aromatic heterocycles. The molecule has 0 aliphatic rings. The molecular formula is C38H24N2. The molecule has 0 aliphatic carbocycles. The first-order valence-electron chi connectivity index (χ1n) is 13.8. The van der Waals surface area contributed by atoms with Crippen LogP contribution in [0.3, 0.4) is 0 Å². The van der Waals surface area contributed by atoms with E-state index in [1.165, 1.54) is 82.0 Å². The number of fused-ring (bicyclic) bond motifs is 9. The number of nitrogens with zero attached hydrogens (tertiary/aromatic N) is 1. The van der Waals surface area contributed by atoms with Crippen molar-refractivity contribution < 1.29 is 0 Å². The molecule has 2 nitrogen and oxygen atoms in total. The van der Waals surface area contributed by atoms with Crippen LogP contribution in [-0.2, 0) is 0 Å². The van der Waals surface area contributed by atoms with Crippen LogP contribution in [0.5, 0.6) is 0 Å². The second kappa shape index (κ2) is 8.08. The van der Waals surface area contributed by atoms with Crippen molar-refractivity contribution in [1.29, 1.82) is 0 Å². The van der Waals surface area contributed by atoms with Gasteiger partial charge in [0.05, 0.1) is 11.0 Å². The van der Waals surface area contributed by atoms with Crippen molar-refractivity contribution in [3.8, 4) is 16.8 Å². The average molecular weight is 509 g/mol. The summed E-state index contributed by atoms with van der Waals surface area (Å²) < 4.78 is 2.42. The van der Waals surface area contributed by atoms with E-state index in [0.717, 1.165) is 0 Å². The average Bonchev–Trinajstić information content (AvgIpc) is 3.55. The Hall–Kier alpha value is -5.34. The quantitative estimate of drug-likeness (QED) is 0.224. The number of nitrogens with one attached hydrogen (secondary N) is 1. The van der Waals surface area contributed by atoms with Crippen molar-refractivity contribution in [2.45, 2.75) is 0 Å². The summed E-state index contributed by atoms with van der Waals surface area (Å²) in [5, 5.41) is 10.2. The second-order valence-electron chi connectivity index (χ2n) is 10.7. The number of aromatic amines is 1. The van der Waals surface area contributed by atoms with Crippen LogP contribution in [0.15, 0.2) is 140 Å². The molecule has 0 atom stereocenters. The summed E-state index contributed by atoms with van der Waals surface area (Å²) in [4.78, 5) is 3.56. The lowest BCUT2D eigenvalue weighted by molar-refractivity contribution is 1.19. The third kappa shape index (κ3) is 3.05. The number of hydrogen-bond donors (Lipinski definition) is 1. The van der Waals surface area contributed by atoms with Gasteiger partial charge in [0.2, 0.25) is 0 Å². The first kappa shape index (κ1) is 21.6. The number of hydrogen-bond acceptors (Lipinski definition) is 0. The number of benzene rings is 7. The Morgan fingerprint density at radius 1 is 0.375 bits per heavy atom. The van der Waals surface area contributed by atoms with Crippen LogP contribution in [0.2, 0.25) is 0 Å². The number of para-hydroxylation sites is 2. The Labute approximate surface area is 230 Å². The maximum atomic E-state index is 3.56.